The summed E-state index contributed by atoms with van der Waals surface area (Å²) in [6.07, 6.45) is -2.82. The summed E-state index contributed by atoms with van der Waals surface area (Å²) in [5, 5.41) is 43.5. The van der Waals surface area contributed by atoms with Crippen molar-refractivity contribution in [3.05, 3.63) is 11.9 Å². The molecule has 0 saturated carbocycles. The number of ether oxygens (including phenoxy) is 2. The summed E-state index contributed by atoms with van der Waals surface area (Å²) >= 11 is 5.62. The lowest BCUT2D eigenvalue weighted by molar-refractivity contribution is -0.280. The molecule has 14 heteroatoms. The average molecular weight is 408 g/mol. The molecule has 2 heterocycles. The summed E-state index contributed by atoms with van der Waals surface area (Å²) in [6, 6.07) is -0.919. The van der Waals surface area contributed by atoms with Crippen LogP contribution in [0.25, 0.3) is 0 Å². The van der Waals surface area contributed by atoms with Crippen molar-refractivity contribution in [3.63, 3.8) is 0 Å². The van der Waals surface area contributed by atoms with Crippen LogP contribution in [0.1, 0.15) is 11.7 Å². The predicted octanol–water partition coefficient (Wildman–Crippen LogP) is -3.42. The monoisotopic (exact) mass is 407 g/mol. The van der Waals surface area contributed by atoms with Crippen molar-refractivity contribution in [2.45, 2.75) is 37.2 Å². The number of guanidine groups is 1. The number of aliphatic hydroxyl groups excluding tert-OH is 3. The molecule has 1 aromatic heterocycles. The van der Waals surface area contributed by atoms with Gasteiger partial charge in [0.1, 0.15) is 30.0 Å². The molecule has 1 amide bonds. The fourth-order valence-electron chi connectivity index (χ4n) is 2.49. The molecule has 1 aliphatic heterocycles. The van der Waals surface area contributed by atoms with E-state index in [0.29, 0.717) is 12.1 Å². The van der Waals surface area contributed by atoms with Crippen LogP contribution in [0.4, 0.5) is 0 Å². The molecule has 1 saturated heterocycles. The molecule has 0 aliphatic carbocycles. The zero-order valence-electron chi connectivity index (χ0n) is 14.2. The first-order valence-corrected chi connectivity index (χ1v) is 8.52. The van der Waals surface area contributed by atoms with Gasteiger partial charge >= 0.3 is 0 Å². The average Bonchev–Trinajstić information content (AvgIpc) is 3.11. The first-order valence-electron chi connectivity index (χ1n) is 7.98. The fourth-order valence-corrected chi connectivity index (χ4v) is 2.57. The van der Waals surface area contributed by atoms with E-state index in [1.54, 1.807) is 0 Å². The van der Waals surface area contributed by atoms with Gasteiger partial charge in [0.2, 0.25) is 12.4 Å². The molecule has 0 radical (unpaired) electrons. The zero-order chi connectivity index (χ0) is 19.8. The molecular formula is C13H22ClN7O6. The predicted molar refractivity (Wildman–Crippen MR) is 91.2 cm³/mol. The quantitative estimate of drug-likeness (QED) is 0.0789. The van der Waals surface area contributed by atoms with Crippen molar-refractivity contribution in [1.29, 1.82) is 0 Å². The third-order valence-corrected chi connectivity index (χ3v) is 3.89. The minimum absolute atomic E-state index is 0.124. The molecule has 0 bridgehead atoms. The van der Waals surface area contributed by atoms with Crippen molar-refractivity contribution in [2.75, 3.05) is 19.1 Å². The van der Waals surface area contributed by atoms with Crippen molar-refractivity contribution < 1.29 is 29.6 Å². The van der Waals surface area contributed by atoms with E-state index >= 15 is 0 Å². The summed E-state index contributed by atoms with van der Waals surface area (Å²) in [7, 11) is 0. The molecule has 1 aliphatic rings. The minimum atomic E-state index is -1.35. The third kappa shape index (κ3) is 5.47. The van der Waals surface area contributed by atoms with E-state index in [9.17, 15) is 20.1 Å². The van der Waals surface area contributed by atoms with Crippen LogP contribution < -0.4 is 16.5 Å². The Kier molecular flexibility index (Phi) is 8.15. The number of halogens is 1. The first-order chi connectivity index (χ1) is 13.0. The molecule has 27 heavy (non-hydrogen) atoms. The number of hydrogen-bond donors (Lipinski definition) is 6. The normalized spacial score (nSPS) is 28.7. The van der Waals surface area contributed by atoms with E-state index in [1.165, 1.54) is 10.9 Å². The Labute approximate surface area is 159 Å². The van der Waals surface area contributed by atoms with Gasteiger partial charge in [0.05, 0.1) is 26.0 Å². The van der Waals surface area contributed by atoms with E-state index in [2.05, 4.69) is 26.2 Å². The van der Waals surface area contributed by atoms with Gasteiger partial charge < -0.3 is 36.0 Å². The Bertz CT molecular complexity index is 632. The van der Waals surface area contributed by atoms with Gasteiger partial charge in [0.25, 0.3) is 0 Å². The van der Waals surface area contributed by atoms with Crippen LogP contribution in [0.15, 0.2) is 11.3 Å². The maximum Gasteiger partial charge on any atom is 0.217 e. The molecule has 7 N–H and O–H groups in total. The van der Waals surface area contributed by atoms with Crippen LogP contribution in [0.5, 0.6) is 0 Å². The summed E-state index contributed by atoms with van der Waals surface area (Å²) in [6.45, 7) is -0.239. The lowest BCUT2D eigenvalue weighted by atomic mass is 9.97. The van der Waals surface area contributed by atoms with Crippen molar-refractivity contribution >= 4 is 24.0 Å². The summed E-state index contributed by atoms with van der Waals surface area (Å²) in [4.78, 5) is 10.2. The van der Waals surface area contributed by atoms with Gasteiger partial charge in [0, 0.05) is 5.88 Å². The number of hydrazone groups is 1. The number of amides is 1. The topological polar surface area (TPSA) is 189 Å². The third-order valence-electron chi connectivity index (χ3n) is 3.74. The number of aliphatic hydroxyl groups is 3. The lowest BCUT2D eigenvalue weighted by Gasteiger charge is -2.41. The Morgan fingerprint density at radius 2 is 2.30 bits per heavy atom. The summed E-state index contributed by atoms with van der Waals surface area (Å²) in [5.41, 5.74) is 8.39. The number of hydrogen-bond acceptors (Lipinski definition) is 10. The van der Waals surface area contributed by atoms with Crippen LogP contribution >= 0.6 is 11.6 Å². The highest BCUT2D eigenvalue weighted by Crippen LogP contribution is 2.30. The van der Waals surface area contributed by atoms with Gasteiger partial charge in [-0.25, -0.2) is 4.68 Å². The van der Waals surface area contributed by atoms with Crippen LogP contribution in [-0.4, -0.2) is 86.4 Å². The smallest absolute Gasteiger partial charge is 0.217 e. The number of carbonyl (C=O) groups is 1. The van der Waals surface area contributed by atoms with E-state index < -0.39 is 37.3 Å². The van der Waals surface area contributed by atoms with E-state index in [1.807, 2.05) is 0 Å². The van der Waals surface area contributed by atoms with Gasteiger partial charge in [-0.1, -0.05) is 5.21 Å². The van der Waals surface area contributed by atoms with Gasteiger partial charge in [0.15, 0.2) is 6.29 Å². The SMILES string of the molecule is N/C(=N\NCc1cn(C2C(OCCCl)OC(CO)C(O)C2O)nn1)NC=O. The number of alkyl halides is 1. The molecule has 0 spiro atoms. The molecule has 1 aromatic rings. The van der Waals surface area contributed by atoms with Crippen LogP contribution in [-0.2, 0) is 20.8 Å². The molecule has 5 atom stereocenters. The van der Waals surface area contributed by atoms with E-state index in [4.69, 9.17) is 26.8 Å². The zero-order valence-corrected chi connectivity index (χ0v) is 14.9. The number of nitrogens with one attached hydrogen (secondary N) is 2. The molecule has 0 aromatic carbocycles. The summed E-state index contributed by atoms with van der Waals surface area (Å²) < 4.78 is 12.3. The molecule has 152 valence electrons. The van der Waals surface area contributed by atoms with Crippen LogP contribution in [0, 0.1) is 0 Å². The van der Waals surface area contributed by atoms with E-state index in [-0.39, 0.29) is 25.0 Å². The summed E-state index contributed by atoms with van der Waals surface area (Å²) in [5.74, 6) is 0.0664. The fraction of sp³-hybridized carbons (Fsp3) is 0.692. The number of nitrogens with zero attached hydrogens (tertiary/aromatic N) is 4. The highest BCUT2D eigenvalue weighted by Gasteiger charge is 2.46. The Morgan fingerprint density at radius 3 is 2.96 bits per heavy atom. The standard InChI is InChI=1S/C13H22ClN7O6/c14-1-2-26-12-9(11(25)10(24)8(5-22)27-12)21-4-7(18-20-21)3-17-19-13(15)16-6-23/h4,6,8-12,17,22,24-25H,1-3,5H2,(H3,15,16,19,23). The second kappa shape index (κ2) is 10.3. The van der Waals surface area contributed by atoms with E-state index in [0.717, 1.165) is 0 Å². The second-order valence-electron chi connectivity index (χ2n) is 5.54. The molecular weight excluding hydrogens is 386 g/mol. The number of nitrogens with two attached hydrogens (primary N) is 1. The molecule has 1 fully saturated rings. The second-order valence-corrected chi connectivity index (χ2v) is 5.92. The first kappa shape index (κ1) is 21.3. The molecule has 13 nitrogen and oxygen atoms in total. The highest BCUT2D eigenvalue weighted by atomic mass is 35.5. The Morgan fingerprint density at radius 1 is 1.52 bits per heavy atom. The Balaban J connectivity index is 2.10. The highest BCUT2D eigenvalue weighted by molar-refractivity contribution is 6.17. The number of rotatable bonds is 9. The van der Waals surface area contributed by atoms with Crippen molar-refractivity contribution in [1.82, 2.24) is 25.7 Å². The maximum absolute atomic E-state index is 10.4. The number of aromatic nitrogens is 3. The Hall–Kier alpha value is -2.03. The molecule has 2 rings (SSSR count). The van der Waals surface area contributed by atoms with Crippen LogP contribution in [0.3, 0.4) is 0 Å². The van der Waals surface area contributed by atoms with Gasteiger partial charge in [-0.15, -0.1) is 21.8 Å². The van der Waals surface area contributed by atoms with Gasteiger partial charge in [-0.2, -0.15) is 0 Å². The maximum atomic E-state index is 10.4. The largest absolute Gasteiger partial charge is 0.394 e. The number of carbonyl (C=O) groups excluding carboxylic acids is 1. The minimum Gasteiger partial charge on any atom is -0.394 e. The van der Waals surface area contributed by atoms with Gasteiger partial charge in [-0.05, 0) is 0 Å². The van der Waals surface area contributed by atoms with Crippen molar-refractivity contribution in [2.24, 2.45) is 10.8 Å². The molecule has 5 unspecified atom stereocenters. The van der Waals surface area contributed by atoms with Gasteiger partial charge in [-0.3, -0.25) is 10.1 Å². The van der Waals surface area contributed by atoms with Crippen LogP contribution in [0.2, 0.25) is 0 Å². The van der Waals surface area contributed by atoms with Crippen molar-refractivity contribution in [3.8, 4) is 0 Å². The lowest BCUT2D eigenvalue weighted by Crippen LogP contribution is -2.57.